The average Bonchev–Trinajstić information content (AvgIpc) is 2.79. The molecule has 0 bridgehead atoms. The Morgan fingerprint density at radius 2 is 2.11 bits per heavy atom. The lowest BCUT2D eigenvalue weighted by molar-refractivity contribution is 0.0524. The largest absolute Gasteiger partial charge is 0.462 e. The van der Waals surface area contributed by atoms with E-state index in [2.05, 4.69) is 5.10 Å². The summed E-state index contributed by atoms with van der Waals surface area (Å²) in [6, 6.07) is 9.38. The van der Waals surface area contributed by atoms with E-state index in [1.807, 2.05) is 24.3 Å². The van der Waals surface area contributed by atoms with Crippen molar-refractivity contribution in [3.63, 3.8) is 0 Å². The molecule has 96 valence electrons. The van der Waals surface area contributed by atoms with Gasteiger partial charge in [-0.3, -0.25) is 14.4 Å². The maximum atomic E-state index is 12.3. The summed E-state index contributed by atoms with van der Waals surface area (Å²) in [4.78, 5) is 23.9. The molecule has 0 spiro atoms. The predicted octanol–water partition coefficient (Wildman–Crippen LogP) is 1.96. The zero-order chi connectivity index (χ0) is 13.4. The number of H-pyrrole nitrogens is 1. The van der Waals surface area contributed by atoms with Crippen LogP contribution in [0.15, 0.2) is 41.3 Å². The molecule has 0 saturated heterocycles. The SMILES string of the molecule is CCOC(=O)c1c[nH]n2c(cc3ccccc32)c1=O. The molecule has 2 aromatic heterocycles. The number of aromatic nitrogens is 2. The van der Waals surface area contributed by atoms with Crippen LogP contribution in [0, 0.1) is 0 Å². The Morgan fingerprint density at radius 1 is 1.32 bits per heavy atom. The van der Waals surface area contributed by atoms with E-state index in [1.54, 1.807) is 17.5 Å². The molecule has 1 aromatic carbocycles. The summed E-state index contributed by atoms with van der Waals surface area (Å²) < 4.78 is 6.53. The van der Waals surface area contributed by atoms with Gasteiger partial charge >= 0.3 is 5.97 Å². The molecule has 2 heterocycles. The first-order chi connectivity index (χ1) is 9.22. The van der Waals surface area contributed by atoms with E-state index in [4.69, 9.17) is 4.74 Å². The van der Waals surface area contributed by atoms with Crippen molar-refractivity contribution in [1.29, 1.82) is 0 Å². The fourth-order valence-electron chi connectivity index (χ4n) is 2.15. The second kappa shape index (κ2) is 4.28. The highest BCUT2D eigenvalue weighted by molar-refractivity contribution is 5.92. The molecule has 0 fully saturated rings. The second-order valence-corrected chi connectivity index (χ2v) is 4.16. The summed E-state index contributed by atoms with van der Waals surface area (Å²) in [5.41, 5.74) is 1.03. The summed E-state index contributed by atoms with van der Waals surface area (Å²) in [6.07, 6.45) is 1.39. The van der Waals surface area contributed by atoms with Gasteiger partial charge in [-0.25, -0.2) is 4.79 Å². The first-order valence-electron chi connectivity index (χ1n) is 6.01. The van der Waals surface area contributed by atoms with Crippen molar-refractivity contribution in [2.75, 3.05) is 6.61 Å². The minimum Gasteiger partial charge on any atom is -0.462 e. The van der Waals surface area contributed by atoms with Crippen molar-refractivity contribution < 1.29 is 9.53 Å². The van der Waals surface area contributed by atoms with Gasteiger partial charge in [0, 0.05) is 11.6 Å². The summed E-state index contributed by atoms with van der Waals surface area (Å²) in [5.74, 6) is -0.600. The molecule has 0 unspecified atom stereocenters. The molecule has 19 heavy (non-hydrogen) atoms. The van der Waals surface area contributed by atoms with Gasteiger partial charge in [0.2, 0.25) is 5.43 Å². The van der Waals surface area contributed by atoms with E-state index in [9.17, 15) is 9.59 Å². The number of nitrogens with one attached hydrogen (secondary N) is 1. The Bertz CT molecular complexity index is 829. The maximum absolute atomic E-state index is 12.3. The molecule has 0 amide bonds. The lowest BCUT2D eigenvalue weighted by Crippen LogP contribution is -2.19. The second-order valence-electron chi connectivity index (χ2n) is 4.16. The number of hydrogen-bond acceptors (Lipinski definition) is 3. The standard InChI is InChI=1S/C14H12N2O3/c1-2-19-14(18)10-8-15-16-11-6-4-3-5-9(11)7-12(16)13(10)17/h3-8,15H,2H2,1H3. The molecule has 0 aliphatic heterocycles. The minimum absolute atomic E-state index is 0.0251. The van der Waals surface area contributed by atoms with Gasteiger partial charge in [0.05, 0.1) is 12.1 Å². The number of fused-ring (bicyclic) bond motifs is 3. The summed E-state index contributed by atoms with van der Waals surface area (Å²) >= 11 is 0. The molecule has 0 atom stereocenters. The van der Waals surface area contributed by atoms with E-state index in [1.165, 1.54) is 6.20 Å². The van der Waals surface area contributed by atoms with Crippen molar-refractivity contribution >= 4 is 22.4 Å². The number of benzene rings is 1. The molecule has 5 nitrogen and oxygen atoms in total. The monoisotopic (exact) mass is 256 g/mol. The Labute approximate surface area is 108 Å². The van der Waals surface area contributed by atoms with Gasteiger partial charge in [0.15, 0.2) is 0 Å². The lowest BCUT2D eigenvalue weighted by atomic mass is 10.2. The Kier molecular flexibility index (Phi) is 2.59. The molecular formula is C14H12N2O3. The fourth-order valence-corrected chi connectivity index (χ4v) is 2.15. The topological polar surface area (TPSA) is 63.6 Å². The predicted molar refractivity (Wildman–Crippen MR) is 71.5 cm³/mol. The zero-order valence-corrected chi connectivity index (χ0v) is 10.3. The molecule has 0 aliphatic carbocycles. The molecule has 0 aliphatic rings. The number of para-hydroxylation sites is 1. The highest BCUT2D eigenvalue weighted by atomic mass is 16.5. The smallest absolute Gasteiger partial charge is 0.343 e. The van der Waals surface area contributed by atoms with E-state index in [0.717, 1.165) is 10.9 Å². The van der Waals surface area contributed by atoms with E-state index in [-0.39, 0.29) is 17.6 Å². The summed E-state index contributed by atoms with van der Waals surface area (Å²) in [7, 11) is 0. The quantitative estimate of drug-likeness (QED) is 0.713. The van der Waals surface area contributed by atoms with Crippen LogP contribution in [0.1, 0.15) is 17.3 Å². The van der Waals surface area contributed by atoms with Crippen LogP contribution in [0.3, 0.4) is 0 Å². The third-order valence-corrected chi connectivity index (χ3v) is 3.02. The molecule has 3 aromatic rings. The van der Waals surface area contributed by atoms with Gasteiger partial charge in [-0.1, -0.05) is 18.2 Å². The lowest BCUT2D eigenvalue weighted by Gasteiger charge is -2.02. The zero-order valence-electron chi connectivity index (χ0n) is 10.3. The number of ether oxygens (including phenoxy) is 1. The van der Waals surface area contributed by atoms with Gasteiger partial charge in [-0.15, -0.1) is 0 Å². The summed E-state index contributed by atoms with van der Waals surface area (Å²) in [6.45, 7) is 1.95. The Hall–Kier alpha value is -2.56. The fraction of sp³-hybridized carbons (Fsp3) is 0.143. The van der Waals surface area contributed by atoms with Crippen LogP contribution >= 0.6 is 0 Å². The number of carbonyl (C=O) groups is 1. The number of nitrogens with zero attached hydrogens (tertiary/aromatic N) is 1. The van der Waals surface area contributed by atoms with Crippen LogP contribution in [0.25, 0.3) is 16.4 Å². The highest BCUT2D eigenvalue weighted by Gasteiger charge is 2.15. The Morgan fingerprint density at radius 3 is 2.89 bits per heavy atom. The summed E-state index contributed by atoms with van der Waals surface area (Å²) in [5, 5.41) is 3.88. The van der Waals surface area contributed by atoms with E-state index >= 15 is 0 Å². The van der Waals surface area contributed by atoms with Crippen LogP contribution in [0.5, 0.6) is 0 Å². The number of carbonyl (C=O) groups excluding carboxylic acids is 1. The third-order valence-electron chi connectivity index (χ3n) is 3.02. The van der Waals surface area contributed by atoms with E-state index in [0.29, 0.717) is 5.52 Å². The van der Waals surface area contributed by atoms with Gasteiger partial charge in [-0.2, -0.15) is 0 Å². The molecule has 0 radical (unpaired) electrons. The van der Waals surface area contributed by atoms with Crippen LogP contribution in [0.4, 0.5) is 0 Å². The van der Waals surface area contributed by atoms with E-state index < -0.39 is 5.97 Å². The van der Waals surface area contributed by atoms with Crippen molar-refractivity contribution in [3.05, 3.63) is 52.3 Å². The first-order valence-corrected chi connectivity index (χ1v) is 6.01. The highest BCUT2D eigenvalue weighted by Crippen LogP contribution is 2.16. The molecule has 5 heteroatoms. The van der Waals surface area contributed by atoms with Gasteiger partial charge in [0.25, 0.3) is 0 Å². The number of rotatable bonds is 2. The normalized spacial score (nSPS) is 11.0. The number of hydrogen-bond donors (Lipinski definition) is 1. The van der Waals surface area contributed by atoms with Crippen molar-refractivity contribution in [3.8, 4) is 0 Å². The Balaban J connectivity index is 2.31. The van der Waals surface area contributed by atoms with Crippen molar-refractivity contribution in [2.45, 2.75) is 6.92 Å². The van der Waals surface area contributed by atoms with Gasteiger partial charge < -0.3 is 4.74 Å². The number of aromatic amines is 1. The maximum Gasteiger partial charge on any atom is 0.343 e. The van der Waals surface area contributed by atoms with Gasteiger partial charge in [0.1, 0.15) is 11.1 Å². The average molecular weight is 256 g/mol. The minimum atomic E-state index is -0.600. The van der Waals surface area contributed by atoms with Crippen molar-refractivity contribution in [2.24, 2.45) is 0 Å². The molecule has 1 N–H and O–H groups in total. The van der Waals surface area contributed by atoms with Gasteiger partial charge in [-0.05, 0) is 19.1 Å². The molecule has 0 saturated carbocycles. The first kappa shape index (κ1) is 11.5. The van der Waals surface area contributed by atoms with Crippen LogP contribution in [-0.4, -0.2) is 22.2 Å². The van der Waals surface area contributed by atoms with Crippen LogP contribution in [-0.2, 0) is 4.74 Å². The van der Waals surface area contributed by atoms with Crippen LogP contribution < -0.4 is 5.43 Å². The third kappa shape index (κ3) is 1.71. The number of esters is 1. The van der Waals surface area contributed by atoms with Crippen molar-refractivity contribution in [1.82, 2.24) is 9.61 Å². The molecule has 3 rings (SSSR count). The molecular weight excluding hydrogens is 244 g/mol. The van der Waals surface area contributed by atoms with Crippen LogP contribution in [0.2, 0.25) is 0 Å².